The first-order valence-corrected chi connectivity index (χ1v) is 6.12. The van der Waals surface area contributed by atoms with Crippen LogP contribution in [0, 0.1) is 11.3 Å². The molecule has 0 bridgehead atoms. The van der Waals surface area contributed by atoms with Crippen LogP contribution in [-0.4, -0.2) is 0 Å². The van der Waals surface area contributed by atoms with Crippen molar-refractivity contribution >= 4 is 0 Å². The Morgan fingerprint density at radius 1 is 1.00 bits per heavy atom. The molecule has 0 amide bonds. The summed E-state index contributed by atoms with van der Waals surface area (Å²) in [5.74, 6) is 1.72. The lowest BCUT2D eigenvalue weighted by Gasteiger charge is -2.27. The van der Waals surface area contributed by atoms with E-state index in [1.54, 1.807) is 5.56 Å². The molecule has 1 aromatic carbocycles. The number of hydrogen-bond donors (Lipinski definition) is 0. The first kappa shape index (κ1) is 10.7. The highest BCUT2D eigenvalue weighted by molar-refractivity contribution is 5.20. The zero-order chi connectivity index (χ0) is 10.9. The highest BCUT2D eigenvalue weighted by Gasteiger charge is 2.33. The maximum absolute atomic E-state index is 2.38. The number of rotatable bonds is 1. The fourth-order valence-electron chi connectivity index (χ4n) is 2.80. The molecule has 15 heavy (non-hydrogen) atoms. The Morgan fingerprint density at radius 3 is 2.20 bits per heavy atom. The Balaban J connectivity index is 2.05. The van der Waals surface area contributed by atoms with Gasteiger partial charge in [-0.2, -0.15) is 0 Å². The quantitative estimate of drug-likeness (QED) is 0.623. The molecule has 1 saturated carbocycles. The van der Waals surface area contributed by atoms with Gasteiger partial charge < -0.3 is 0 Å². The van der Waals surface area contributed by atoms with Crippen molar-refractivity contribution in [3.63, 3.8) is 0 Å². The van der Waals surface area contributed by atoms with Gasteiger partial charge in [0.05, 0.1) is 0 Å². The molecule has 0 radical (unpaired) electrons. The van der Waals surface area contributed by atoms with Crippen LogP contribution in [0.25, 0.3) is 0 Å². The molecule has 0 N–H and O–H groups in total. The summed E-state index contributed by atoms with van der Waals surface area (Å²) in [6.45, 7) is 7.14. The summed E-state index contributed by atoms with van der Waals surface area (Å²) in [6, 6.07) is 11.0. The predicted octanol–water partition coefficient (Wildman–Crippen LogP) is 4.62. The van der Waals surface area contributed by atoms with E-state index in [2.05, 4.69) is 51.1 Å². The molecule has 2 rings (SSSR count). The Bertz CT molecular complexity index is 305. The van der Waals surface area contributed by atoms with E-state index in [0.29, 0.717) is 5.41 Å². The maximum Gasteiger partial charge on any atom is -0.0159 e. The molecule has 0 heterocycles. The van der Waals surface area contributed by atoms with Crippen LogP contribution < -0.4 is 0 Å². The van der Waals surface area contributed by atoms with Crippen LogP contribution in [0.5, 0.6) is 0 Å². The summed E-state index contributed by atoms with van der Waals surface area (Å²) < 4.78 is 0. The van der Waals surface area contributed by atoms with Gasteiger partial charge in [-0.05, 0) is 42.1 Å². The van der Waals surface area contributed by atoms with Crippen LogP contribution in [0.1, 0.15) is 51.5 Å². The molecule has 0 spiro atoms. The summed E-state index contributed by atoms with van der Waals surface area (Å²) in [4.78, 5) is 0. The molecule has 1 aromatic rings. The van der Waals surface area contributed by atoms with Crippen LogP contribution in [0.15, 0.2) is 30.3 Å². The molecule has 0 aromatic heterocycles. The van der Waals surface area contributed by atoms with Crippen LogP contribution >= 0.6 is 0 Å². The second kappa shape index (κ2) is 4.00. The average Bonchev–Trinajstić information content (AvgIpc) is 2.67. The standard InChI is InChI=1S/C15H22/c1-15(2,3)14-10-9-13(11-14)12-7-5-4-6-8-12/h4-8,13-14H,9-11H2,1-3H3/t13-,14-/m0/s1. The largest absolute Gasteiger partial charge is 0.0622 e. The van der Waals surface area contributed by atoms with Gasteiger partial charge >= 0.3 is 0 Å². The second-order valence-corrected chi connectivity index (χ2v) is 5.98. The maximum atomic E-state index is 2.38. The summed E-state index contributed by atoms with van der Waals surface area (Å²) in [5, 5.41) is 0. The summed E-state index contributed by atoms with van der Waals surface area (Å²) in [5.41, 5.74) is 2.04. The fraction of sp³-hybridized carbons (Fsp3) is 0.600. The SMILES string of the molecule is CC(C)(C)[C@H]1CC[C@H](c2ccccc2)C1. The molecule has 1 aliphatic rings. The van der Waals surface area contributed by atoms with Gasteiger partial charge in [0, 0.05) is 0 Å². The van der Waals surface area contributed by atoms with Crippen molar-refractivity contribution in [2.75, 3.05) is 0 Å². The van der Waals surface area contributed by atoms with E-state index in [-0.39, 0.29) is 0 Å². The Labute approximate surface area is 93.7 Å². The van der Waals surface area contributed by atoms with Crippen molar-refractivity contribution in [2.45, 2.75) is 46.0 Å². The topological polar surface area (TPSA) is 0 Å². The van der Waals surface area contributed by atoms with Crippen molar-refractivity contribution in [3.05, 3.63) is 35.9 Å². The summed E-state index contributed by atoms with van der Waals surface area (Å²) >= 11 is 0. The van der Waals surface area contributed by atoms with Gasteiger partial charge in [0.15, 0.2) is 0 Å². The molecular weight excluding hydrogens is 180 g/mol. The predicted molar refractivity (Wildman–Crippen MR) is 66.0 cm³/mol. The normalized spacial score (nSPS) is 26.9. The van der Waals surface area contributed by atoms with Gasteiger partial charge in [-0.25, -0.2) is 0 Å². The minimum atomic E-state index is 0.490. The third kappa shape index (κ3) is 2.42. The second-order valence-electron chi connectivity index (χ2n) is 5.98. The Kier molecular flexibility index (Phi) is 2.86. The highest BCUT2D eigenvalue weighted by atomic mass is 14.4. The van der Waals surface area contributed by atoms with Crippen LogP contribution in [0.4, 0.5) is 0 Å². The van der Waals surface area contributed by atoms with E-state index in [9.17, 15) is 0 Å². The summed E-state index contributed by atoms with van der Waals surface area (Å²) in [7, 11) is 0. The van der Waals surface area contributed by atoms with Crippen molar-refractivity contribution in [3.8, 4) is 0 Å². The molecule has 82 valence electrons. The Morgan fingerprint density at radius 2 is 1.67 bits per heavy atom. The molecule has 0 saturated heterocycles. The van der Waals surface area contributed by atoms with E-state index in [1.165, 1.54) is 19.3 Å². The first-order chi connectivity index (χ1) is 7.07. The minimum Gasteiger partial charge on any atom is -0.0622 e. The average molecular weight is 202 g/mol. The zero-order valence-corrected chi connectivity index (χ0v) is 10.2. The Hall–Kier alpha value is -0.780. The number of benzene rings is 1. The third-order valence-electron chi connectivity index (χ3n) is 3.93. The van der Waals surface area contributed by atoms with Crippen molar-refractivity contribution in [1.82, 2.24) is 0 Å². The van der Waals surface area contributed by atoms with Crippen LogP contribution in [0.2, 0.25) is 0 Å². The monoisotopic (exact) mass is 202 g/mol. The van der Waals surface area contributed by atoms with Gasteiger partial charge in [-0.3, -0.25) is 0 Å². The smallest absolute Gasteiger partial charge is 0.0159 e. The van der Waals surface area contributed by atoms with Crippen LogP contribution in [0.3, 0.4) is 0 Å². The molecule has 1 aliphatic carbocycles. The first-order valence-electron chi connectivity index (χ1n) is 6.12. The lowest BCUT2D eigenvalue weighted by atomic mass is 9.79. The molecular formula is C15H22. The van der Waals surface area contributed by atoms with Gasteiger partial charge in [0.2, 0.25) is 0 Å². The third-order valence-corrected chi connectivity index (χ3v) is 3.93. The van der Waals surface area contributed by atoms with E-state index < -0.39 is 0 Å². The van der Waals surface area contributed by atoms with Crippen molar-refractivity contribution in [2.24, 2.45) is 11.3 Å². The van der Waals surface area contributed by atoms with Crippen LogP contribution in [-0.2, 0) is 0 Å². The van der Waals surface area contributed by atoms with Gasteiger partial charge in [-0.15, -0.1) is 0 Å². The summed E-state index contributed by atoms with van der Waals surface area (Å²) in [6.07, 6.45) is 4.17. The minimum absolute atomic E-state index is 0.490. The van der Waals surface area contributed by atoms with Crippen molar-refractivity contribution in [1.29, 1.82) is 0 Å². The van der Waals surface area contributed by atoms with Gasteiger partial charge in [0.25, 0.3) is 0 Å². The van der Waals surface area contributed by atoms with Gasteiger partial charge in [-0.1, -0.05) is 51.1 Å². The lowest BCUT2D eigenvalue weighted by Crippen LogP contribution is -2.17. The zero-order valence-electron chi connectivity index (χ0n) is 10.2. The molecule has 1 fully saturated rings. The van der Waals surface area contributed by atoms with E-state index in [0.717, 1.165) is 11.8 Å². The molecule has 0 aliphatic heterocycles. The van der Waals surface area contributed by atoms with E-state index in [4.69, 9.17) is 0 Å². The number of hydrogen-bond acceptors (Lipinski definition) is 0. The molecule has 0 nitrogen and oxygen atoms in total. The van der Waals surface area contributed by atoms with E-state index >= 15 is 0 Å². The highest BCUT2D eigenvalue weighted by Crippen LogP contribution is 2.45. The molecule has 0 heteroatoms. The fourth-order valence-corrected chi connectivity index (χ4v) is 2.80. The lowest BCUT2D eigenvalue weighted by molar-refractivity contribution is 0.244. The van der Waals surface area contributed by atoms with Gasteiger partial charge in [0.1, 0.15) is 0 Å². The molecule has 0 unspecified atom stereocenters. The van der Waals surface area contributed by atoms with Crippen molar-refractivity contribution < 1.29 is 0 Å². The molecule has 2 atom stereocenters. The van der Waals surface area contributed by atoms with E-state index in [1.807, 2.05) is 0 Å².